The van der Waals surface area contributed by atoms with Crippen molar-refractivity contribution in [3.8, 4) is 6.07 Å². The second-order valence-electron chi connectivity index (χ2n) is 9.89. The number of aromatic nitrogens is 4. The number of aliphatic hydroxyl groups excluding tert-OH is 2. The SMILES string of the molecule is CC(C)OCC([NH-])CCN(C/C=C/c1ccc(C#N)cc1)C[C@H]1O[C@@H](n2cnc3c(N)ncnc32)[C@H](O)[C@@H]1O.[Tm]. The molecule has 1 saturated heterocycles. The van der Waals surface area contributed by atoms with Crippen LogP contribution < -0.4 is 5.73 Å². The summed E-state index contributed by atoms with van der Waals surface area (Å²) in [7, 11) is 0. The number of nitrogens with zero attached hydrogens (tertiary/aromatic N) is 6. The van der Waals surface area contributed by atoms with Gasteiger partial charge >= 0.3 is 0 Å². The summed E-state index contributed by atoms with van der Waals surface area (Å²) in [5.41, 5.74) is 16.6. The van der Waals surface area contributed by atoms with Crippen molar-refractivity contribution in [1.29, 1.82) is 5.26 Å². The zero-order chi connectivity index (χ0) is 27.9. The Morgan fingerprint density at radius 2 is 1.98 bits per heavy atom. The molecule has 4 rings (SSSR count). The van der Waals surface area contributed by atoms with E-state index in [9.17, 15) is 10.2 Å². The van der Waals surface area contributed by atoms with E-state index in [1.54, 1.807) is 16.7 Å². The number of ether oxygens (including phenoxy) is 2. The van der Waals surface area contributed by atoms with Crippen LogP contribution in [0.3, 0.4) is 0 Å². The van der Waals surface area contributed by atoms with Crippen LogP contribution in [0.15, 0.2) is 43.0 Å². The Labute approximate surface area is 262 Å². The molecule has 13 heteroatoms. The Kier molecular flexibility index (Phi) is 12.2. The van der Waals surface area contributed by atoms with Crippen molar-refractivity contribution >= 4 is 23.1 Å². The van der Waals surface area contributed by atoms with Crippen molar-refractivity contribution < 1.29 is 56.6 Å². The van der Waals surface area contributed by atoms with Gasteiger partial charge in [0.05, 0.1) is 24.1 Å². The molecule has 1 fully saturated rings. The molecule has 1 aromatic carbocycles. The number of hydrogen-bond donors (Lipinski definition) is 3. The maximum atomic E-state index is 10.9. The Balaban J connectivity index is 0.00000441. The van der Waals surface area contributed by atoms with Crippen LogP contribution in [-0.2, 0) is 9.47 Å². The molecule has 0 saturated carbocycles. The van der Waals surface area contributed by atoms with Gasteiger partial charge in [-0.3, -0.25) is 9.47 Å². The second-order valence-corrected chi connectivity index (χ2v) is 9.89. The van der Waals surface area contributed by atoms with Gasteiger partial charge in [0.25, 0.3) is 0 Å². The first-order valence-corrected chi connectivity index (χ1v) is 12.9. The number of imidazole rings is 1. The van der Waals surface area contributed by atoms with E-state index in [-0.39, 0.29) is 48.8 Å². The van der Waals surface area contributed by atoms with Gasteiger partial charge in [0.1, 0.15) is 30.2 Å². The average Bonchev–Trinajstić information content (AvgIpc) is 3.48. The molecule has 1 radical (unpaired) electrons. The number of hydrogen-bond acceptors (Lipinski definition) is 10. The minimum atomic E-state index is -1.21. The fraction of sp³-hybridized carbons (Fsp3) is 0.481. The normalized spacial score (nSPS) is 21.8. The first-order valence-electron chi connectivity index (χ1n) is 12.9. The van der Waals surface area contributed by atoms with E-state index >= 15 is 0 Å². The molecular weight excluding hydrogens is 669 g/mol. The molecule has 5 N–H and O–H groups in total. The van der Waals surface area contributed by atoms with Crippen molar-refractivity contribution in [3.05, 3.63) is 59.9 Å². The zero-order valence-electron chi connectivity index (χ0n) is 22.4. The molecule has 3 aromatic rings. The van der Waals surface area contributed by atoms with Crippen molar-refractivity contribution in [2.75, 3.05) is 32.0 Å². The summed E-state index contributed by atoms with van der Waals surface area (Å²) < 4.78 is 13.3. The molecule has 5 atom stereocenters. The summed E-state index contributed by atoms with van der Waals surface area (Å²) in [5, 5.41) is 30.7. The van der Waals surface area contributed by atoms with Crippen LogP contribution in [0.2, 0.25) is 0 Å². The molecule has 221 valence electrons. The van der Waals surface area contributed by atoms with Gasteiger partial charge in [-0.25, -0.2) is 15.0 Å². The van der Waals surface area contributed by atoms with E-state index in [1.165, 1.54) is 12.7 Å². The number of benzene rings is 1. The minimum absolute atomic E-state index is 0. The number of aliphatic hydroxyl groups is 2. The number of nitrogens with one attached hydrogen (secondary N) is 1. The number of nitrogens with two attached hydrogens (primary N) is 1. The summed E-state index contributed by atoms with van der Waals surface area (Å²) in [6.07, 6.45) is 3.41. The largest absolute Gasteiger partial charge is 0.673 e. The van der Waals surface area contributed by atoms with E-state index in [1.807, 2.05) is 38.1 Å². The first-order chi connectivity index (χ1) is 18.8. The summed E-state index contributed by atoms with van der Waals surface area (Å²) >= 11 is 0. The Bertz CT molecular complexity index is 1300. The van der Waals surface area contributed by atoms with Crippen molar-refractivity contribution in [1.82, 2.24) is 24.4 Å². The van der Waals surface area contributed by atoms with Gasteiger partial charge in [0, 0.05) is 56.6 Å². The standard InChI is InChI=1S/C27H35N8O4.Tm/c1-17(2)38-14-20(29)9-11-34(10-3-4-18-5-7-19(12-28)8-6-18)13-21-23(36)24(37)27(39-21)35-16-33-22-25(30)31-15-32-26(22)35;/h3-8,15-17,20-21,23-24,27,29,36-37H,9-11,13-14H2,1-2H3,(H2,30,31,32);/q-1;/b4-3+;/t20?,21-,23-,24-,27-;/m1./s1. The third kappa shape index (κ3) is 8.18. The predicted molar refractivity (Wildman–Crippen MR) is 146 cm³/mol. The summed E-state index contributed by atoms with van der Waals surface area (Å²) in [6, 6.07) is 8.99. The molecule has 0 amide bonds. The fourth-order valence-corrected chi connectivity index (χ4v) is 4.41. The van der Waals surface area contributed by atoms with Gasteiger partial charge in [0.2, 0.25) is 0 Å². The van der Waals surface area contributed by atoms with E-state index in [0.717, 1.165) is 5.56 Å². The van der Waals surface area contributed by atoms with E-state index in [4.69, 9.17) is 26.2 Å². The minimum Gasteiger partial charge on any atom is -0.673 e. The number of anilines is 1. The van der Waals surface area contributed by atoms with Gasteiger partial charge in [-0.1, -0.05) is 30.7 Å². The van der Waals surface area contributed by atoms with Crippen LogP contribution in [0.25, 0.3) is 23.0 Å². The zero-order valence-corrected chi connectivity index (χ0v) is 24.1. The number of nitriles is 1. The van der Waals surface area contributed by atoms with Gasteiger partial charge in [-0.2, -0.15) is 5.26 Å². The third-order valence-corrected chi connectivity index (χ3v) is 6.57. The van der Waals surface area contributed by atoms with Crippen LogP contribution in [0, 0.1) is 48.2 Å². The van der Waals surface area contributed by atoms with Crippen LogP contribution in [0.4, 0.5) is 5.82 Å². The topological polar surface area (TPSA) is 179 Å². The monoisotopic (exact) mass is 704 g/mol. The number of fused-ring (bicyclic) bond motifs is 1. The van der Waals surface area contributed by atoms with Gasteiger partial charge < -0.3 is 31.2 Å². The fourth-order valence-electron chi connectivity index (χ4n) is 4.41. The predicted octanol–water partition coefficient (Wildman–Crippen LogP) is 2.15. The second kappa shape index (κ2) is 15.1. The van der Waals surface area contributed by atoms with Gasteiger partial charge in [0.15, 0.2) is 17.7 Å². The van der Waals surface area contributed by atoms with Crippen LogP contribution >= 0.6 is 0 Å². The third-order valence-electron chi connectivity index (χ3n) is 6.57. The Hall–Kier alpha value is -2.21. The molecule has 40 heavy (non-hydrogen) atoms. The van der Waals surface area contributed by atoms with Crippen LogP contribution in [0.5, 0.6) is 0 Å². The van der Waals surface area contributed by atoms with Crippen molar-refractivity contribution in [3.63, 3.8) is 0 Å². The Morgan fingerprint density at radius 1 is 1.23 bits per heavy atom. The summed E-state index contributed by atoms with van der Waals surface area (Å²) in [6.45, 7) is 5.65. The molecule has 1 unspecified atom stereocenters. The quantitative estimate of drug-likeness (QED) is 0.253. The average molecular weight is 705 g/mol. The first kappa shape index (κ1) is 32.3. The Morgan fingerprint density at radius 3 is 2.67 bits per heavy atom. The van der Waals surface area contributed by atoms with E-state index in [2.05, 4.69) is 25.9 Å². The smallest absolute Gasteiger partial charge is 0.167 e. The summed E-state index contributed by atoms with van der Waals surface area (Å²) in [5.74, 6) is 0.218. The van der Waals surface area contributed by atoms with Crippen LogP contribution in [-0.4, -0.2) is 91.3 Å². The molecule has 12 nitrogen and oxygen atoms in total. The molecule has 3 heterocycles. The van der Waals surface area contributed by atoms with E-state index < -0.39 is 30.6 Å². The molecular formula is C27H35N8O4Tm-. The molecule has 1 aliphatic rings. The number of rotatable bonds is 12. The molecule has 2 aromatic heterocycles. The molecule has 0 aliphatic carbocycles. The van der Waals surface area contributed by atoms with Crippen molar-refractivity contribution in [2.24, 2.45) is 0 Å². The maximum absolute atomic E-state index is 10.9. The molecule has 0 spiro atoms. The summed E-state index contributed by atoms with van der Waals surface area (Å²) in [4.78, 5) is 14.5. The van der Waals surface area contributed by atoms with Gasteiger partial charge in [-0.15, -0.1) is 6.04 Å². The molecule has 1 aliphatic heterocycles. The van der Waals surface area contributed by atoms with Crippen molar-refractivity contribution in [2.45, 2.75) is 57.0 Å². The van der Waals surface area contributed by atoms with Gasteiger partial charge in [-0.05, 0) is 38.1 Å². The van der Waals surface area contributed by atoms with E-state index in [0.29, 0.717) is 49.4 Å². The van der Waals surface area contributed by atoms with Crippen LogP contribution in [0.1, 0.15) is 37.6 Å². The number of nitrogen functional groups attached to an aromatic ring is 1. The molecule has 0 bridgehead atoms. The maximum Gasteiger partial charge on any atom is 0.167 e.